The van der Waals surface area contributed by atoms with E-state index in [-0.39, 0.29) is 0 Å². The van der Waals surface area contributed by atoms with E-state index in [9.17, 15) is 0 Å². The summed E-state index contributed by atoms with van der Waals surface area (Å²) in [6.07, 6.45) is 4.80. The minimum atomic E-state index is 0.596. The van der Waals surface area contributed by atoms with E-state index in [1.807, 2.05) is 6.07 Å². The lowest BCUT2D eigenvalue weighted by molar-refractivity contribution is -0.00244. The molecule has 0 amide bonds. The first-order valence-electron chi connectivity index (χ1n) is 5.04. The minimum absolute atomic E-state index is 0.596. The molecule has 2 saturated heterocycles. The number of rotatable bonds is 1. The molecule has 0 unspecified atom stereocenters. The lowest BCUT2D eigenvalue weighted by atomic mass is 9.73. The van der Waals surface area contributed by atoms with Crippen molar-refractivity contribution in [1.29, 1.82) is 0 Å². The molecule has 0 aromatic carbocycles. The fourth-order valence-corrected chi connectivity index (χ4v) is 2.73. The number of pyridine rings is 1. The highest BCUT2D eigenvalue weighted by Gasteiger charge is 2.50. The maximum absolute atomic E-state index is 4.02. The Morgan fingerprint density at radius 3 is 2.71 bits per heavy atom. The molecule has 2 aliphatic heterocycles. The van der Waals surface area contributed by atoms with Crippen LogP contribution >= 0.6 is 0 Å². The Hall–Kier alpha value is -1.09. The van der Waals surface area contributed by atoms with Gasteiger partial charge >= 0.3 is 0 Å². The van der Waals surface area contributed by atoms with Crippen LogP contribution in [-0.2, 0) is 0 Å². The standard InChI is InChI=1S/C11H14N3/c1-13-6-11(7-13)8-14(9-11)10-3-2-4-12-5-10/h2-4H,6-9H2,1H3. The predicted octanol–water partition coefficient (Wildman–Crippen LogP) is 0.634. The van der Waals surface area contributed by atoms with Crippen LogP contribution in [0.25, 0.3) is 0 Å². The van der Waals surface area contributed by atoms with Crippen molar-refractivity contribution in [2.24, 2.45) is 5.41 Å². The van der Waals surface area contributed by atoms with E-state index in [0.29, 0.717) is 5.41 Å². The Kier molecular flexibility index (Phi) is 1.59. The average Bonchev–Trinajstić information content (AvgIpc) is 2.10. The lowest BCUT2D eigenvalue weighted by Crippen LogP contribution is -2.71. The molecule has 0 N–H and O–H groups in total. The highest BCUT2D eigenvalue weighted by Crippen LogP contribution is 2.40. The van der Waals surface area contributed by atoms with Crippen molar-refractivity contribution in [2.45, 2.75) is 0 Å². The molecule has 0 aliphatic carbocycles. The summed E-state index contributed by atoms with van der Waals surface area (Å²) in [5, 5.41) is 0. The lowest BCUT2D eigenvalue weighted by Gasteiger charge is -2.60. The number of anilines is 1. The van der Waals surface area contributed by atoms with Crippen LogP contribution in [0.1, 0.15) is 0 Å². The molecule has 3 heterocycles. The third-order valence-electron chi connectivity index (χ3n) is 3.20. The molecule has 1 spiro atoms. The second kappa shape index (κ2) is 2.70. The zero-order valence-corrected chi connectivity index (χ0v) is 8.40. The Bertz CT molecular complexity index is 322. The highest BCUT2D eigenvalue weighted by molar-refractivity contribution is 5.47. The van der Waals surface area contributed by atoms with Gasteiger partial charge in [0.15, 0.2) is 0 Å². The first kappa shape index (κ1) is 8.24. The molecule has 2 fully saturated rings. The van der Waals surface area contributed by atoms with Crippen LogP contribution in [0.3, 0.4) is 0 Å². The molecule has 0 bridgehead atoms. The molecule has 73 valence electrons. The van der Waals surface area contributed by atoms with Gasteiger partial charge in [-0.1, -0.05) is 0 Å². The van der Waals surface area contributed by atoms with Crippen molar-refractivity contribution in [1.82, 2.24) is 9.88 Å². The molecule has 1 aromatic heterocycles. The van der Waals surface area contributed by atoms with E-state index < -0.39 is 0 Å². The average molecular weight is 188 g/mol. The molecule has 0 saturated carbocycles. The number of hydrogen-bond donors (Lipinski definition) is 0. The van der Waals surface area contributed by atoms with E-state index in [2.05, 4.69) is 34.1 Å². The van der Waals surface area contributed by atoms with Crippen LogP contribution in [0, 0.1) is 11.6 Å². The summed E-state index contributed by atoms with van der Waals surface area (Å²) in [5.74, 6) is 0. The van der Waals surface area contributed by atoms with Crippen molar-refractivity contribution in [3.63, 3.8) is 0 Å². The first-order chi connectivity index (χ1) is 6.77. The van der Waals surface area contributed by atoms with Gasteiger partial charge in [-0.2, -0.15) is 0 Å². The number of aromatic nitrogens is 1. The van der Waals surface area contributed by atoms with E-state index in [1.165, 1.54) is 26.2 Å². The highest BCUT2D eigenvalue weighted by atomic mass is 15.3. The SMILES string of the molecule is CN1CC2(C1)CN(c1[c]nccc1)C2. The molecule has 3 heteroatoms. The topological polar surface area (TPSA) is 19.4 Å². The fourth-order valence-electron chi connectivity index (χ4n) is 2.73. The van der Waals surface area contributed by atoms with Crippen molar-refractivity contribution in [3.05, 3.63) is 24.5 Å². The largest absolute Gasteiger partial charge is 0.368 e. The number of nitrogens with zero attached hydrogens (tertiary/aromatic N) is 3. The van der Waals surface area contributed by atoms with Crippen LogP contribution < -0.4 is 4.90 Å². The summed E-state index contributed by atoms with van der Waals surface area (Å²) in [7, 11) is 2.18. The van der Waals surface area contributed by atoms with E-state index in [0.717, 1.165) is 5.69 Å². The van der Waals surface area contributed by atoms with Crippen LogP contribution in [0.15, 0.2) is 18.3 Å². The van der Waals surface area contributed by atoms with E-state index in [1.54, 1.807) is 6.20 Å². The van der Waals surface area contributed by atoms with Gasteiger partial charge in [0.25, 0.3) is 0 Å². The molecule has 1 aromatic rings. The van der Waals surface area contributed by atoms with Crippen molar-refractivity contribution in [3.8, 4) is 0 Å². The van der Waals surface area contributed by atoms with Crippen LogP contribution in [0.4, 0.5) is 5.69 Å². The van der Waals surface area contributed by atoms with Crippen LogP contribution in [0.5, 0.6) is 0 Å². The van der Waals surface area contributed by atoms with E-state index in [4.69, 9.17) is 0 Å². The van der Waals surface area contributed by atoms with Gasteiger partial charge in [-0.05, 0) is 19.2 Å². The monoisotopic (exact) mass is 188 g/mol. The number of likely N-dealkylation sites (tertiary alicyclic amines) is 1. The maximum atomic E-state index is 4.02. The summed E-state index contributed by atoms with van der Waals surface area (Å²) in [4.78, 5) is 8.76. The number of hydrogen-bond acceptors (Lipinski definition) is 3. The van der Waals surface area contributed by atoms with Crippen molar-refractivity contribution < 1.29 is 0 Å². The summed E-state index contributed by atoms with van der Waals surface area (Å²) < 4.78 is 0. The molecule has 2 aliphatic rings. The van der Waals surface area contributed by atoms with Gasteiger partial charge < -0.3 is 9.80 Å². The van der Waals surface area contributed by atoms with Crippen molar-refractivity contribution >= 4 is 5.69 Å². The van der Waals surface area contributed by atoms with Crippen molar-refractivity contribution in [2.75, 3.05) is 38.1 Å². The van der Waals surface area contributed by atoms with Gasteiger partial charge in [-0.25, -0.2) is 0 Å². The van der Waals surface area contributed by atoms with Gasteiger partial charge in [-0.15, -0.1) is 0 Å². The molecular formula is C11H14N3. The smallest absolute Gasteiger partial charge is 0.114 e. The molecule has 3 nitrogen and oxygen atoms in total. The molecule has 0 atom stereocenters. The summed E-state index contributed by atoms with van der Waals surface area (Å²) in [6.45, 7) is 4.87. The molecule has 3 rings (SSSR count). The Morgan fingerprint density at radius 2 is 2.14 bits per heavy atom. The minimum Gasteiger partial charge on any atom is -0.368 e. The second-order valence-electron chi connectivity index (χ2n) is 4.66. The van der Waals surface area contributed by atoms with Crippen LogP contribution in [0.2, 0.25) is 0 Å². The summed E-state index contributed by atoms with van der Waals surface area (Å²) >= 11 is 0. The predicted molar refractivity (Wildman–Crippen MR) is 55.2 cm³/mol. The van der Waals surface area contributed by atoms with Gasteiger partial charge in [0.1, 0.15) is 6.20 Å². The van der Waals surface area contributed by atoms with Gasteiger partial charge in [-0.3, -0.25) is 4.98 Å². The van der Waals surface area contributed by atoms with Gasteiger partial charge in [0.05, 0.1) is 5.69 Å². The zero-order chi connectivity index (χ0) is 9.60. The first-order valence-corrected chi connectivity index (χ1v) is 5.04. The van der Waals surface area contributed by atoms with Gasteiger partial charge in [0, 0.05) is 37.8 Å². The summed E-state index contributed by atoms with van der Waals surface area (Å²) in [6, 6.07) is 4.06. The molecular weight excluding hydrogens is 174 g/mol. The third kappa shape index (κ3) is 1.12. The van der Waals surface area contributed by atoms with Gasteiger partial charge in [0.2, 0.25) is 0 Å². The second-order valence-corrected chi connectivity index (χ2v) is 4.66. The van der Waals surface area contributed by atoms with Crippen LogP contribution in [-0.4, -0.2) is 43.1 Å². The fraction of sp³-hybridized carbons (Fsp3) is 0.545. The Labute approximate surface area is 84.3 Å². The maximum Gasteiger partial charge on any atom is 0.114 e. The molecule has 1 radical (unpaired) electrons. The third-order valence-corrected chi connectivity index (χ3v) is 3.20. The Balaban J connectivity index is 1.65. The molecule has 14 heavy (non-hydrogen) atoms. The normalized spacial score (nSPS) is 24.5. The summed E-state index contributed by atoms with van der Waals surface area (Å²) in [5.41, 5.74) is 1.74. The zero-order valence-electron chi connectivity index (χ0n) is 8.40. The van der Waals surface area contributed by atoms with E-state index >= 15 is 0 Å². The quantitative estimate of drug-likeness (QED) is 0.644. The Morgan fingerprint density at radius 1 is 1.36 bits per heavy atom.